The molecule has 0 bridgehead atoms. The predicted octanol–water partition coefficient (Wildman–Crippen LogP) is 1.29. The molecule has 66 valence electrons. The van der Waals surface area contributed by atoms with Crippen LogP contribution in [0.15, 0.2) is 10.7 Å². The van der Waals surface area contributed by atoms with E-state index in [-0.39, 0.29) is 6.42 Å². The minimum absolute atomic E-state index is 0.0222. The number of nitrogens with zero attached hydrogens (tertiary/aromatic N) is 2. The van der Waals surface area contributed by atoms with Crippen LogP contribution in [-0.4, -0.2) is 20.9 Å². The first-order valence-electron chi connectivity index (χ1n) is 3.57. The predicted molar refractivity (Wildman–Crippen MR) is 46.9 cm³/mol. The van der Waals surface area contributed by atoms with Crippen molar-refractivity contribution in [2.45, 2.75) is 19.9 Å². The van der Waals surface area contributed by atoms with E-state index in [2.05, 4.69) is 21.0 Å². The molecule has 1 aromatic rings. The zero-order valence-electron chi connectivity index (χ0n) is 6.62. The van der Waals surface area contributed by atoms with Gasteiger partial charge >= 0.3 is 5.97 Å². The zero-order valence-corrected chi connectivity index (χ0v) is 8.21. The number of halogens is 1. The lowest BCUT2D eigenvalue weighted by Crippen LogP contribution is -2.02. The van der Waals surface area contributed by atoms with Crippen LogP contribution in [0.2, 0.25) is 0 Å². The third-order valence-corrected chi connectivity index (χ3v) is 2.05. The summed E-state index contributed by atoms with van der Waals surface area (Å²) in [5, 5.41) is 12.5. The summed E-state index contributed by atoms with van der Waals surface area (Å²) in [6, 6.07) is 1.72. The normalized spacial score (nSPS) is 10.2. The highest BCUT2D eigenvalue weighted by Gasteiger charge is 2.06. The van der Waals surface area contributed by atoms with Gasteiger partial charge in [0.1, 0.15) is 4.60 Å². The first kappa shape index (κ1) is 9.25. The van der Waals surface area contributed by atoms with Gasteiger partial charge in [0, 0.05) is 6.54 Å². The molecule has 4 nitrogen and oxygen atoms in total. The lowest BCUT2D eigenvalue weighted by Gasteiger charge is -1.94. The van der Waals surface area contributed by atoms with Crippen molar-refractivity contribution in [1.82, 2.24) is 9.78 Å². The van der Waals surface area contributed by atoms with Crippen molar-refractivity contribution in [3.63, 3.8) is 0 Å². The number of carbonyl (C=O) groups is 1. The Bertz CT molecular complexity index is 296. The van der Waals surface area contributed by atoms with E-state index in [0.29, 0.717) is 5.69 Å². The van der Waals surface area contributed by atoms with Gasteiger partial charge < -0.3 is 5.11 Å². The summed E-state index contributed by atoms with van der Waals surface area (Å²) in [6.45, 7) is 2.68. The Labute approximate surface area is 78.3 Å². The second-order valence-corrected chi connectivity index (χ2v) is 3.16. The van der Waals surface area contributed by atoms with Gasteiger partial charge in [-0.1, -0.05) is 0 Å². The molecule has 0 saturated carbocycles. The lowest BCUT2D eigenvalue weighted by atomic mass is 10.3. The van der Waals surface area contributed by atoms with Crippen molar-refractivity contribution in [3.8, 4) is 0 Å². The summed E-state index contributed by atoms with van der Waals surface area (Å²) in [4.78, 5) is 10.3. The van der Waals surface area contributed by atoms with Crippen molar-refractivity contribution in [2.75, 3.05) is 0 Å². The minimum atomic E-state index is -0.858. The first-order valence-corrected chi connectivity index (χ1v) is 4.36. The highest BCUT2D eigenvalue weighted by Crippen LogP contribution is 2.11. The van der Waals surface area contributed by atoms with Crippen molar-refractivity contribution < 1.29 is 9.90 Å². The molecule has 0 aliphatic heterocycles. The van der Waals surface area contributed by atoms with E-state index in [0.717, 1.165) is 11.1 Å². The van der Waals surface area contributed by atoms with Gasteiger partial charge in [-0.05, 0) is 28.9 Å². The molecule has 0 atom stereocenters. The fraction of sp³-hybridized carbons (Fsp3) is 0.429. The van der Waals surface area contributed by atoms with E-state index in [1.807, 2.05) is 6.92 Å². The molecule has 0 spiro atoms. The number of carboxylic acids is 1. The molecule has 0 fully saturated rings. The average molecular weight is 233 g/mol. The van der Waals surface area contributed by atoms with Crippen molar-refractivity contribution in [2.24, 2.45) is 0 Å². The Kier molecular flexibility index (Phi) is 2.86. The number of hydrogen-bond donors (Lipinski definition) is 1. The highest BCUT2D eigenvalue weighted by atomic mass is 79.9. The van der Waals surface area contributed by atoms with Crippen LogP contribution in [0.1, 0.15) is 12.6 Å². The quantitative estimate of drug-likeness (QED) is 0.855. The second kappa shape index (κ2) is 3.71. The Morgan fingerprint density at radius 1 is 1.83 bits per heavy atom. The topological polar surface area (TPSA) is 55.1 Å². The first-order chi connectivity index (χ1) is 5.63. The smallest absolute Gasteiger partial charge is 0.309 e. The van der Waals surface area contributed by atoms with E-state index in [1.54, 1.807) is 10.7 Å². The van der Waals surface area contributed by atoms with E-state index in [9.17, 15) is 4.79 Å². The fourth-order valence-electron chi connectivity index (χ4n) is 0.907. The van der Waals surface area contributed by atoms with Crippen LogP contribution in [-0.2, 0) is 17.8 Å². The van der Waals surface area contributed by atoms with Crippen LogP contribution in [0, 0.1) is 0 Å². The molecule has 1 N–H and O–H groups in total. The number of aliphatic carboxylic acids is 1. The molecule has 1 aromatic heterocycles. The summed E-state index contributed by atoms with van der Waals surface area (Å²) in [5.41, 5.74) is 0.580. The van der Waals surface area contributed by atoms with Crippen LogP contribution in [0.5, 0.6) is 0 Å². The monoisotopic (exact) mass is 232 g/mol. The molecule has 0 unspecified atom stereocenters. The molecule has 0 aliphatic rings. The maximum atomic E-state index is 10.3. The second-order valence-electron chi connectivity index (χ2n) is 2.34. The van der Waals surface area contributed by atoms with Gasteiger partial charge in [0.25, 0.3) is 0 Å². The summed E-state index contributed by atoms with van der Waals surface area (Å²) in [7, 11) is 0. The maximum absolute atomic E-state index is 10.3. The van der Waals surface area contributed by atoms with E-state index < -0.39 is 5.97 Å². The molecule has 0 amide bonds. The van der Waals surface area contributed by atoms with Crippen molar-refractivity contribution in [1.29, 1.82) is 0 Å². The molecule has 0 aliphatic carbocycles. The third kappa shape index (κ3) is 2.07. The molecule has 0 radical (unpaired) electrons. The Hall–Kier alpha value is -0.840. The highest BCUT2D eigenvalue weighted by molar-refractivity contribution is 9.10. The standard InChI is InChI=1S/C7H9BrN2O2/c1-2-10-6(8)3-5(9-10)4-7(11)12/h3H,2,4H2,1H3,(H,11,12). The molecule has 5 heteroatoms. The van der Waals surface area contributed by atoms with Crippen LogP contribution >= 0.6 is 15.9 Å². The van der Waals surface area contributed by atoms with Crippen LogP contribution in [0.4, 0.5) is 0 Å². The van der Waals surface area contributed by atoms with Gasteiger partial charge in [0.2, 0.25) is 0 Å². The molecular formula is C7H9BrN2O2. The largest absolute Gasteiger partial charge is 0.481 e. The Balaban J connectivity index is 2.82. The summed E-state index contributed by atoms with van der Waals surface area (Å²) in [6.07, 6.45) is -0.0222. The number of aryl methyl sites for hydroxylation is 1. The summed E-state index contributed by atoms with van der Waals surface area (Å²) in [5.74, 6) is -0.858. The third-order valence-electron chi connectivity index (χ3n) is 1.41. The summed E-state index contributed by atoms with van der Waals surface area (Å²) < 4.78 is 2.53. The van der Waals surface area contributed by atoms with Crippen LogP contribution in [0.25, 0.3) is 0 Å². The Morgan fingerprint density at radius 2 is 2.50 bits per heavy atom. The van der Waals surface area contributed by atoms with Crippen molar-refractivity contribution >= 4 is 21.9 Å². The van der Waals surface area contributed by atoms with Crippen LogP contribution < -0.4 is 0 Å². The van der Waals surface area contributed by atoms with E-state index >= 15 is 0 Å². The van der Waals surface area contributed by atoms with Gasteiger partial charge in [0.15, 0.2) is 0 Å². The number of hydrogen-bond acceptors (Lipinski definition) is 2. The van der Waals surface area contributed by atoms with Gasteiger partial charge in [-0.2, -0.15) is 5.10 Å². The van der Waals surface area contributed by atoms with Gasteiger partial charge in [-0.3, -0.25) is 9.48 Å². The SMILES string of the molecule is CCn1nc(CC(=O)O)cc1Br. The zero-order chi connectivity index (χ0) is 9.14. The molecule has 12 heavy (non-hydrogen) atoms. The van der Waals surface area contributed by atoms with Gasteiger partial charge in [-0.25, -0.2) is 0 Å². The molecule has 1 heterocycles. The number of carboxylic acid groups (broad SMARTS) is 1. The molecule has 1 rings (SSSR count). The van der Waals surface area contributed by atoms with Gasteiger partial charge in [-0.15, -0.1) is 0 Å². The average Bonchev–Trinajstić information content (AvgIpc) is 2.29. The maximum Gasteiger partial charge on any atom is 0.309 e. The molecule has 0 saturated heterocycles. The summed E-state index contributed by atoms with van der Waals surface area (Å²) >= 11 is 3.27. The lowest BCUT2D eigenvalue weighted by molar-refractivity contribution is -0.136. The van der Waals surface area contributed by atoms with E-state index in [1.165, 1.54) is 0 Å². The Morgan fingerprint density at radius 3 is 2.92 bits per heavy atom. The van der Waals surface area contributed by atoms with Crippen molar-refractivity contribution in [3.05, 3.63) is 16.4 Å². The molecular weight excluding hydrogens is 224 g/mol. The molecule has 0 aromatic carbocycles. The minimum Gasteiger partial charge on any atom is -0.481 e. The number of aromatic nitrogens is 2. The van der Waals surface area contributed by atoms with Gasteiger partial charge in [0.05, 0.1) is 12.1 Å². The number of rotatable bonds is 3. The van der Waals surface area contributed by atoms with Crippen LogP contribution in [0.3, 0.4) is 0 Å². The fourth-order valence-corrected chi connectivity index (χ4v) is 1.50. The van der Waals surface area contributed by atoms with E-state index in [4.69, 9.17) is 5.11 Å².